The number of aryl methyl sites for hydroxylation is 2. The quantitative estimate of drug-likeness (QED) is 0.157. The minimum atomic E-state index is -0.419. The molecule has 0 fully saturated rings. The molecule has 3 aromatic carbocycles. The molecule has 0 saturated heterocycles. The maximum absolute atomic E-state index is 9.58. The summed E-state index contributed by atoms with van der Waals surface area (Å²) < 4.78 is 2.52. The molecule has 0 bridgehead atoms. The van der Waals surface area contributed by atoms with E-state index in [0.717, 1.165) is 27.6 Å². The fourth-order valence-corrected chi connectivity index (χ4v) is 6.62. The van der Waals surface area contributed by atoms with Crippen molar-refractivity contribution < 1.29 is 30.3 Å². The van der Waals surface area contributed by atoms with Crippen LogP contribution in [0.4, 0.5) is 0 Å². The number of nitrogens with zero attached hydrogens (tertiary/aromatic N) is 2. The Morgan fingerprint density at radius 2 is 1.13 bits per heavy atom. The van der Waals surface area contributed by atoms with Gasteiger partial charge in [-0.2, -0.15) is 0 Å². The molecular formula is C39H36IrN2O2S2-2. The molecule has 7 aromatic rings. The van der Waals surface area contributed by atoms with Gasteiger partial charge in [-0.3, -0.25) is 0 Å². The minimum absolute atomic E-state index is 0. The number of thiophene rings is 2. The average molecular weight is 821 g/mol. The van der Waals surface area contributed by atoms with Crippen molar-refractivity contribution in [2.45, 2.75) is 45.3 Å². The van der Waals surface area contributed by atoms with Crippen LogP contribution >= 0.6 is 22.7 Å². The molecular weight excluding hydrogens is 785 g/mol. The van der Waals surface area contributed by atoms with Crippen LogP contribution in [0.25, 0.3) is 41.3 Å². The summed E-state index contributed by atoms with van der Waals surface area (Å²) in [4.78, 5) is 10.9. The van der Waals surface area contributed by atoms with E-state index in [0.29, 0.717) is 12.8 Å². The van der Waals surface area contributed by atoms with Gasteiger partial charge in [-0.1, -0.05) is 78.4 Å². The summed E-state index contributed by atoms with van der Waals surface area (Å²) >= 11 is 3.46. The number of aliphatic hydroxyl groups excluding tert-OH is 2. The van der Waals surface area contributed by atoms with Crippen molar-refractivity contribution in [2.24, 2.45) is 0 Å². The smallest absolute Gasteiger partial charge is 0.0567 e. The van der Waals surface area contributed by atoms with Gasteiger partial charge in [-0.05, 0) is 70.0 Å². The first-order valence-corrected chi connectivity index (χ1v) is 16.6. The monoisotopic (exact) mass is 821 g/mol. The van der Waals surface area contributed by atoms with Gasteiger partial charge in [0.25, 0.3) is 0 Å². The Labute approximate surface area is 292 Å². The van der Waals surface area contributed by atoms with Crippen LogP contribution < -0.4 is 0 Å². The summed E-state index contributed by atoms with van der Waals surface area (Å²) in [5, 5.41) is 21.0. The Hall–Kier alpha value is -3.55. The van der Waals surface area contributed by atoms with Gasteiger partial charge < -0.3 is 20.2 Å². The fraction of sp³-hybridized carbons (Fsp3) is 0.179. The Kier molecular flexibility index (Phi) is 13.8. The number of hydrogen-bond acceptors (Lipinski definition) is 6. The molecule has 0 saturated carbocycles. The van der Waals surface area contributed by atoms with E-state index in [1.54, 1.807) is 29.6 Å². The third-order valence-electron chi connectivity index (χ3n) is 6.99. The van der Waals surface area contributed by atoms with E-state index >= 15 is 0 Å². The van der Waals surface area contributed by atoms with Gasteiger partial charge >= 0.3 is 0 Å². The molecule has 4 aromatic heterocycles. The molecule has 0 spiro atoms. The van der Waals surface area contributed by atoms with Crippen LogP contribution in [-0.4, -0.2) is 32.4 Å². The predicted molar refractivity (Wildman–Crippen MR) is 190 cm³/mol. The number of aromatic nitrogens is 2. The molecule has 237 valence electrons. The van der Waals surface area contributed by atoms with Crippen LogP contribution in [0.1, 0.15) is 30.9 Å². The largest absolute Gasteiger partial charge is 0.393 e. The van der Waals surface area contributed by atoms with Crippen molar-refractivity contribution >= 4 is 42.8 Å². The zero-order valence-corrected chi connectivity index (χ0v) is 29.8. The van der Waals surface area contributed by atoms with Gasteiger partial charge in [-0.25, -0.2) is 22.7 Å². The third kappa shape index (κ3) is 10.5. The standard InChI is InChI=1S/2C13H8NS.C13H20O2.Ir/c2*1-2-7-12-10(5-1)9-13(15-12)11-6-3-4-8-14-11;1-10-3-5-12(6-4-10)7-8-13(15)9-11(2)14;/h2*1-8H;3-6,11,13-15H,7-9H2,1-2H3;/q2*-1;;. The molecule has 1 radical (unpaired) electrons. The second-order valence-corrected chi connectivity index (χ2v) is 12.9. The summed E-state index contributed by atoms with van der Waals surface area (Å²) in [6.45, 7) is 3.77. The van der Waals surface area contributed by atoms with Crippen molar-refractivity contribution in [3.8, 4) is 21.1 Å². The summed E-state index contributed by atoms with van der Waals surface area (Å²) in [6, 6.07) is 43.5. The van der Waals surface area contributed by atoms with Crippen LogP contribution in [-0.2, 0) is 26.5 Å². The van der Waals surface area contributed by atoms with Crippen molar-refractivity contribution in [1.29, 1.82) is 0 Å². The van der Waals surface area contributed by atoms with Crippen LogP contribution in [0.5, 0.6) is 0 Å². The first-order chi connectivity index (χ1) is 21.9. The number of rotatable bonds is 7. The van der Waals surface area contributed by atoms with Gasteiger partial charge in [0.1, 0.15) is 0 Å². The van der Waals surface area contributed by atoms with E-state index in [-0.39, 0.29) is 20.1 Å². The summed E-state index contributed by atoms with van der Waals surface area (Å²) in [5.41, 5.74) is 4.49. The maximum atomic E-state index is 9.58. The molecule has 46 heavy (non-hydrogen) atoms. The van der Waals surface area contributed by atoms with Crippen molar-refractivity contribution in [3.63, 3.8) is 0 Å². The molecule has 4 heterocycles. The maximum Gasteiger partial charge on any atom is 0.0567 e. The van der Waals surface area contributed by atoms with Crippen LogP contribution in [0, 0.1) is 19.1 Å². The van der Waals surface area contributed by atoms with Crippen molar-refractivity contribution in [2.75, 3.05) is 0 Å². The summed E-state index contributed by atoms with van der Waals surface area (Å²) in [6.07, 6.45) is 4.86. The minimum Gasteiger partial charge on any atom is -0.393 e. The SMILES string of the molecule is Cc1ccc(CCC(O)CC(C)O)cc1.[Ir].[c-]1c(-c2ccccn2)sc2ccccc12.[c-]1c(-c2ccccn2)sc2ccccc12. The summed E-state index contributed by atoms with van der Waals surface area (Å²) in [7, 11) is 0. The molecule has 7 rings (SSSR count). The Balaban J connectivity index is 0.000000155. The van der Waals surface area contributed by atoms with E-state index < -0.39 is 12.2 Å². The number of pyridine rings is 2. The topological polar surface area (TPSA) is 66.2 Å². The first kappa shape index (κ1) is 35.3. The second kappa shape index (κ2) is 18.0. The van der Waals surface area contributed by atoms with E-state index in [9.17, 15) is 5.11 Å². The van der Waals surface area contributed by atoms with Crippen molar-refractivity contribution in [3.05, 3.63) is 145 Å². The van der Waals surface area contributed by atoms with Crippen LogP contribution in [0.15, 0.2) is 122 Å². The zero-order chi connectivity index (χ0) is 31.4. The zero-order valence-electron chi connectivity index (χ0n) is 25.8. The Bertz CT molecular complexity index is 1710. The van der Waals surface area contributed by atoms with Gasteiger partial charge in [-0.15, -0.1) is 47.2 Å². The number of aliphatic hydroxyl groups is 2. The molecule has 0 aliphatic rings. The Morgan fingerprint density at radius 1 is 0.652 bits per heavy atom. The normalized spacial score (nSPS) is 11.8. The van der Waals surface area contributed by atoms with Gasteiger partial charge in [0.2, 0.25) is 0 Å². The predicted octanol–water partition coefficient (Wildman–Crippen LogP) is 9.58. The van der Waals surface area contributed by atoms with E-state index in [4.69, 9.17) is 5.11 Å². The molecule has 7 heteroatoms. The fourth-order valence-electron chi connectivity index (χ4n) is 4.66. The van der Waals surface area contributed by atoms with Gasteiger partial charge in [0.05, 0.1) is 12.2 Å². The molecule has 0 aliphatic carbocycles. The average Bonchev–Trinajstić information content (AvgIpc) is 3.71. The molecule has 4 nitrogen and oxygen atoms in total. The van der Waals surface area contributed by atoms with E-state index in [1.165, 1.54) is 31.3 Å². The van der Waals surface area contributed by atoms with E-state index in [2.05, 4.69) is 89.7 Å². The first-order valence-electron chi connectivity index (χ1n) is 15.0. The van der Waals surface area contributed by atoms with Crippen LogP contribution in [0.2, 0.25) is 0 Å². The van der Waals surface area contributed by atoms with Gasteiger partial charge in [0.15, 0.2) is 0 Å². The number of fused-ring (bicyclic) bond motifs is 2. The number of benzene rings is 3. The van der Waals surface area contributed by atoms with Crippen molar-refractivity contribution in [1.82, 2.24) is 9.97 Å². The molecule has 2 atom stereocenters. The number of hydrogen-bond donors (Lipinski definition) is 2. The Morgan fingerprint density at radius 3 is 1.57 bits per heavy atom. The molecule has 0 aliphatic heterocycles. The second-order valence-electron chi connectivity index (χ2n) is 10.8. The third-order valence-corrected chi connectivity index (χ3v) is 9.17. The van der Waals surface area contributed by atoms with E-state index in [1.807, 2.05) is 60.9 Å². The van der Waals surface area contributed by atoms with Crippen LogP contribution in [0.3, 0.4) is 0 Å². The summed E-state index contributed by atoms with van der Waals surface area (Å²) in [5.74, 6) is 0. The van der Waals surface area contributed by atoms with Gasteiger partial charge in [0, 0.05) is 43.9 Å². The molecule has 2 N–H and O–H groups in total. The molecule has 0 amide bonds. The molecule has 2 unspecified atom stereocenters.